The van der Waals surface area contributed by atoms with Crippen LogP contribution < -0.4 is 4.90 Å². The van der Waals surface area contributed by atoms with Crippen molar-refractivity contribution in [3.8, 4) is 33.4 Å². The second-order valence-corrected chi connectivity index (χ2v) is 13.0. The Morgan fingerprint density at radius 1 is 0.426 bits per heavy atom. The number of hydrogen-bond donors (Lipinski definition) is 0. The van der Waals surface area contributed by atoms with E-state index in [2.05, 4.69) is 176 Å². The Morgan fingerprint density at radius 2 is 1.04 bits per heavy atom. The number of rotatable bonds is 5. The highest BCUT2D eigenvalue weighted by atomic mass is 16.3. The van der Waals surface area contributed by atoms with Crippen LogP contribution in [0.4, 0.5) is 17.1 Å². The van der Waals surface area contributed by atoms with E-state index in [1.165, 1.54) is 33.4 Å². The standard InChI is InChI=1S/C45H33NO/c1-45(2)40-19-11-9-17-35(40)36-26-25-34(27-41(36)45)46(33-23-21-31(22-24-33)30-13-5-3-6-14-30)42-29-44-39(37-18-10-12-20-43(37)47-44)28-38(42)32-15-7-4-8-16-32/h3-29H,1-2H3. The number of nitrogens with zero attached hydrogens (tertiary/aromatic N) is 1. The lowest BCUT2D eigenvalue weighted by molar-refractivity contribution is 0.660. The van der Waals surface area contributed by atoms with Crippen LogP contribution in [0.5, 0.6) is 0 Å². The largest absolute Gasteiger partial charge is 0.456 e. The summed E-state index contributed by atoms with van der Waals surface area (Å²) in [5.74, 6) is 0. The van der Waals surface area contributed by atoms with Gasteiger partial charge in [-0.15, -0.1) is 0 Å². The van der Waals surface area contributed by atoms with Crippen molar-refractivity contribution in [3.63, 3.8) is 0 Å². The van der Waals surface area contributed by atoms with Crippen LogP contribution in [0.3, 0.4) is 0 Å². The maximum Gasteiger partial charge on any atom is 0.137 e. The molecule has 0 aliphatic heterocycles. The molecule has 1 heterocycles. The Kier molecular flexibility index (Phi) is 6.20. The number of para-hydroxylation sites is 1. The Morgan fingerprint density at radius 3 is 1.83 bits per heavy atom. The molecule has 2 heteroatoms. The van der Waals surface area contributed by atoms with Crippen molar-refractivity contribution in [2.45, 2.75) is 19.3 Å². The van der Waals surface area contributed by atoms with Crippen molar-refractivity contribution < 1.29 is 4.42 Å². The van der Waals surface area contributed by atoms with Gasteiger partial charge in [-0.25, -0.2) is 0 Å². The van der Waals surface area contributed by atoms with Crippen molar-refractivity contribution in [2.24, 2.45) is 0 Å². The van der Waals surface area contributed by atoms with Crippen molar-refractivity contribution in [2.75, 3.05) is 4.90 Å². The molecule has 0 unspecified atom stereocenters. The number of anilines is 3. The lowest BCUT2D eigenvalue weighted by Gasteiger charge is -2.30. The third kappa shape index (κ3) is 4.40. The summed E-state index contributed by atoms with van der Waals surface area (Å²) >= 11 is 0. The van der Waals surface area contributed by atoms with Crippen molar-refractivity contribution in [3.05, 3.63) is 175 Å². The van der Waals surface area contributed by atoms with Crippen LogP contribution in [0, 0.1) is 0 Å². The molecule has 9 rings (SSSR count). The van der Waals surface area contributed by atoms with Crippen molar-refractivity contribution in [1.29, 1.82) is 0 Å². The fourth-order valence-corrected chi connectivity index (χ4v) is 7.49. The molecule has 1 aromatic heterocycles. The van der Waals surface area contributed by atoms with Crippen LogP contribution in [0.25, 0.3) is 55.3 Å². The maximum absolute atomic E-state index is 6.51. The molecule has 8 aromatic rings. The van der Waals surface area contributed by atoms with E-state index in [1.807, 2.05) is 6.07 Å². The molecule has 224 valence electrons. The lowest BCUT2D eigenvalue weighted by atomic mass is 9.82. The second-order valence-electron chi connectivity index (χ2n) is 13.0. The molecule has 0 radical (unpaired) electrons. The summed E-state index contributed by atoms with van der Waals surface area (Å²) in [4.78, 5) is 2.41. The van der Waals surface area contributed by atoms with E-state index in [1.54, 1.807) is 0 Å². The molecule has 1 aliphatic rings. The Labute approximate surface area is 275 Å². The first-order chi connectivity index (χ1) is 23.1. The van der Waals surface area contributed by atoms with Gasteiger partial charge in [-0.05, 0) is 75.3 Å². The van der Waals surface area contributed by atoms with E-state index in [9.17, 15) is 0 Å². The van der Waals surface area contributed by atoms with Gasteiger partial charge in [0, 0.05) is 39.2 Å². The van der Waals surface area contributed by atoms with E-state index < -0.39 is 0 Å². The number of fused-ring (bicyclic) bond motifs is 6. The molecule has 0 amide bonds. The number of benzene rings is 7. The average Bonchev–Trinajstić information content (AvgIpc) is 3.60. The first-order valence-electron chi connectivity index (χ1n) is 16.3. The highest BCUT2D eigenvalue weighted by molar-refractivity contribution is 6.09. The molecule has 0 saturated carbocycles. The SMILES string of the molecule is CC1(C)c2ccccc2-c2ccc(N(c3ccc(-c4ccccc4)cc3)c3cc4oc5ccccc5c4cc3-c3ccccc3)cc21. The van der Waals surface area contributed by atoms with Crippen LogP contribution in [-0.4, -0.2) is 0 Å². The molecule has 0 bridgehead atoms. The fraction of sp³-hybridized carbons (Fsp3) is 0.0667. The van der Waals surface area contributed by atoms with Crippen molar-refractivity contribution in [1.82, 2.24) is 0 Å². The smallest absolute Gasteiger partial charge is 0.137 e. The number of furan rings is 1. The zero-order chi connectivity index (χ0) is 31.5. The van der Waals surface area contributed by atoms with Gasteiger partial charge in [0.1, 0.15) is 11.2 Å². The minimum absolute atomic E-state index is 0.115. The van der Waals surface area contributed by atoms with Gasteiger partial charge in [-0.2, -0.15) is 0 Å². The monoisotopic (exact) mass is 603 g/mol. The summed E-state index contributed by atoms with van der Waals surface area (Å²) in [5.41, 5.74) is 15.0. The minimum Gasteiger partial charge on any atom is -0.456 e. The van der Waals surface area contributed by atoms with E-state index in [4.69, 9.17) is 4.42 Å². The molecule has 0 saturated heterocycles. The van der Waals surface area contributed by atoms with Crippen LogP contribution in [0.1, 0.15) is 25.0 Å². The molecule has 7 aromatic carbocycles. The van der Waals surface area contributed by atoms with Gasteiger partial charge in [0.05, 0.1) is 5.69 Å². The molecule has 0 spiro atoms. The number of hydrogen-bond acceptors (Lipinski definition) is 2. The third-order valence-electron chi connectivity index (χ3n) is 9.88. The Balaban J connectivity index is 1.30. The highest BCUT2D eigenvalue weighted by Crippen LogP contribution is 2.52. The predicted molar refractivity (Wildman–Crippen MR) is 197 cm³/mol. The van der Waals surface area contributed by atoms with Crippen LogP contribution >= 0.6 is 0 Å². The zero-order valence-electron chi connectivity index (χ0n) is 26.4. The molecular formula is C45H33NO. The van der Waals surface area contributed by atoms with Gasteiger partial charge >= 0.3 is 0 Å². The van der Waals surface area contributed by atoms with Gasteiger partial charge in [-0.1, -0.05) is 135 Å². The summed E-state index contributed by atoms with van der Waals surface area (Å²) in [6.45, 7) is 4.69. The van der Waals surface area contributed by atoms with Gasteiger partial charge in [0.15, 0.2) is 0 Å². The highest BCUT2D eigenvalue weighted by Gasteiger charge is 2.36. The van der Waals surface area contributed by atoms with Gasteiger partial charge in [0.2, 0.25) is 0 Å². The second kappa shape index (κ2) is 10.6. The molecule has 0 fully saturated rings. The molecule has 1 aliphatic carbocycles. The first-order valence-corrected chi connectivity index (χ1v) is 16.3. The minimum atomic E-state index is -0.115. The summed E-state index contributed by atoms with van der Waals surface area (Å²) < 4.78 is 6.51. The Hall–Kier alpha value is -5.86. The lowest BCUT2D eigenvalue weighted by Crippen LogP contribution is -2.17. The molecule has 0 atom stereocenters. The van der Waals surface area contributed by atoms with E-state index in [0.29, 0.717) is 0 Å². The van der Waals surface area contributed by atoms with Crippen molar-refractivity contribution >= 4 is 39.0 Å². The molecule has 0 N–H and O–H groups in total. The van der Waals surface area contributed by atoms with E-state index in [0.717, 1.165) is 50.1 Å². The third-order valence-corrected chi connectivity index (χ3v) is 9.88. The molecular weight excluding hydrogens is 571 g/mol. The average molecular weight is 604 g/mol. The van der Waals surface area contributed by atoms with Crippen LogP contribution in [0.15, 0.2) is 168 Å². The van der Waals surface area contributed by atoms with E-state index in [-0.39, 0.29) is 5.41 Å². The van der Waals surface area contributed by atoms with Gasteiger partial charge in [-0.3, -0.25) is 0 Å². The van der Waals surface area contributed by atoms with E-state index >= 15 is 0 Å². The van der Waals surface area contributed by atoms with Crippen LogP contribution in [0.2, 0.25) is 0 Å². The summed E-state index contributed by atoms with van der Waals surface area (Å²) in [6, 6.07) is 58.9. The topological polar surface area (TPSA) is 16.4 Å². The summed E-state index contributed by atoms with van der Waals surface area (Å²) in [7, 11) is 0. The quantitative estimate of drug-likeness (QED) is 0.195. The zero-order valence-corrected chi connectivity index (χ0v) is 26.4. The summed E-state index contributed by atoms with van der Waals surface area (Å²) in [6.07, 6.45) is 0. The normalized spacial score (nSPS) is 13.1. The predicted octanol–water partition coefficient (Wildman–Crippen LogP) is 12.7. The summed E-state index contributed by atoms with van der Waals surface area (Å²) in [5, 5.41) is 2.25. The molecule has 47 heavy (non-hydrogen) atoms. The fourth-order valence-electron chi connectivity index (χ4n) is 7.49. The van der Waals surface area contributed by atoms with Crippen LogP contribution in [-0.2, 0) is 5.41 Å². The Bertz CT molecular complexity index is 2420. The molecule has 2 nitrogen and oxygen atoms in total. The van der Waals surface area contributed by atoms with Gasteiger partial charge in [0.25, 0.3) is 0 Å². The maximum atomic E-state index is 6.51. The van der Waals surface area contributed by atoms with Gasteiger partial charge < -0.3 is 9.32 Å². The first kappa shape index (κ1) is 27.5.